The molecule has 0 N–H and O–H groups in total. The minimum Gasteiger partial charge on any atom is -0.462 e. The van der Waals surface area contributed by atoms with Crippen LogP contribution in [0.15, 0.2) is 24.3 Å². The average Bonchev–Trinajstić information content (AvgIpc) is 3.39. The van der Waals surface area contributed by atoms with E-state index in [9.17, 15) is 19.2 Å². The lowest BCUT2D eigenvalue weighted by Crippen LogP contribution is -2.63. The second kappa shape index (κ2) is 14.5. The lowest BCUT2D eigenvalue weighted by molar-refractivity contribution is -0.190. The number of rotatable bonds is 11. The number of esters is 4. The van der Waals surface area contributed by atoms with Gasteiger partial charge in [-0.1, -0.05) is 79.7 Å². The van der Waals surface area contributed by atoms with Gasteiger partial charge in [-0.2, -0.15) is 0 Å². The summed E-state index contributed by atoms with van der Waals surface area (Å²) in [6.45, 7) is 24.9. The minimum absolute atomic E-state index is 0.0968. The van der Waals surface area contributed by atoms with Gasteiger partial charge in [-0.05, 0) is 120 Å². The highest BCUT2D eigenvalue weighted by Crippen LogP contribution is 2.75. The summed E-state index contributed by atoms with van der Waals surface area (Å²) in [5, 5.41) is 0. The van der Waals surface area contributed by atoms with E-state index in [1.807, 2.05) is 0 Å². The van der Waals surface area contributed by atoms with Gasteiger partial charge in [0.2, 0.25) is 0 Å². The number of hydrogen-bond donors (Lipinski definition) is 0. The zero-order chi connectivity index (χ0) is 38.6. The summed E-state index contributed by atoms with van der Waals surface area (Å²) in [5.74, 6) is 1.41. The maximum absolute atomic E-state index is 12.4. The Hall–Kier alpha value is -2.64. The largest absolute Gasteiger partial charge is 0.462 e. The molecule has 3 saturated carbocycles. The fraction of sp³-hybridized carbons (Fsp3) is 0.818. The third-order valence-electron chi connectivity index (χ3n) is 16.1. The van der Waals surface area contributed by atoms with Gasteiger partial charge in [-0.25, -0.2) is 0 Å². The van der Waals surface area contributed by atoms with E-state index in [2.05, 4.69) is 79.7 Å². The molecule has 5 aliphatic rings. The second-order valence-electron chi connectivity index (χ2n) is 19.2. The fourth-order valence-corrected chi connectivity index (χ4v) is 13.0. The van der Waals surface area contributed by atoms with Crippen LogP contribution in [0.4, 0.5) is 0 Å². The molecule has 3 fully saturated rings. The van der Waals surface area contributed by atoms with Crippen LogP contribution in [0, 0.1) is 68.5 Å². The van der Waals surface area contributed by atoms with Crippen molar-refractivity contribution in [3.8, 4) is 0 Å². The van der Waals surface area contributed by atoms with E-state index in [0.717, 1.165) is 18.8 Å². The summed E-state index contributed by atoms with van der Waals surface area (Å²) in [6, 6.07) is 0. The Morgan fingerprint density at radius 2 is 1.27 bits per heavy atom. The Labute approximate surface area is 313 Å². The molecule has 0 spiro atoms. The number of fused-ring (bicyclic) bond motifs is 7. The number of carbonyl (C=O) groups excluding carboxylic acids is 4. The quantitative estimate of drug-likeness (QED) is 0.118. The zero-order valence-electron chi connectivity index (χ0n) is 34.2. The first-order valence-electron chi connectivity index (χ1n) is 20.1. The maximum Gasteiger partial charge on any atom is 0.303 e. The van der Waals surface area contributed by atoms with Crippen LogP contribution in [-0.2, 0) is 38.1 Å². The predicted octanol–water partition coefficient (Wildman–Crippen LogP) is 9.05. The van der Waals surface area contributed by atoms with Crippen LogP contribution < -0.4 is 0 Å². The van der Waals surface area contributed by atoms with Crippen molar-refractivity contribution in [2.24, 2.45) is 68.5 Å². The Kier molecular flexibility index (Phi) is 11.3. The van der Waals surface area contributed by atoms with E-state index in [1.165, 1.54) is 59.8 Å². The van der Waals surface area contributed by atoms with Crippen molar-refractivity contribution in [1.82, 2.24) is 0 Å². The predicted molar refractivity (Wildman–Crippen MR) is 200 cm³/mol. The SMILES string of the molecule is CC(=O)OC[C@H](OC(C)=O)[C@H](OC(C)=O)[C@@H](CC[C@@H](C)[C@H]1CC[C@]2(C)[C@H]3C=C[C@@H]4[C@@]5(C)CC[C@H](C)C(C)(C)[C@H]5C=C[C@@]4(C)[C@]3(C)CC[C@@H]12)OC(C)=O. The van der Waals surface area contributed by atoms with Crippen LogP contribution in [0.25, 0.3) is 0 Å². The van der Waals surface area contributed by atoms with Crippen molar-refractivity contribution < 1.29 is 38.1 Å². The molecule has 0 aliphatic heterocycles. The van der Waals surface area contributed by atoms with Crippen molar-refractivity contribution >= 4 is 23.9 Å². The standard InChI is InChI=1S/C44H68O8/c1-26(13-14-34(50-29(4)46)39(52-31(6)48)35(51-30(5)47)25-49-28(3)45)32-18-22-41(9)33(32)19-23-43(11)37(41)15-16-38-42(10)21-17-27(2)40(7,8)36(42)20-24-44(38,43)12/h15-16,20,24,26-27,32-39H,13-14,17-19,21-23,25H2,1-12H3/t26-,27+,32-,33+,34-,35+,36-,37-,38-,39-,41+,42+,43-,44-/m1/s1. The molecule has 0 aromatic heterocycles. The van der Waals surface area contributed by atoms with Gasteiger partial charge in [0.1, 0.15) is 12.7 Å². The molecule has 0 unspecified atom stereocenters. The Balaban J connectivity index is 1.36. The van der Waals surface area contributed by atoms with Crippen LogP contribution in [-0.4, -0.2) is 48.8 Å². The number of allylic oxidation sites excluding steroid dienone is 4. The smallest absolute Gasteiger partial charge is 0.303 e. The van der Waals surface area contributed by atoms with E-state index in [4.69, 9.17) is 18.9 Å². The van der Waals surface area contributed by atoms with Crippen LogP contribution >= 0.6 is 0 Å². The third-order valence-corrected chi connectivity index (χ3v) is 16.1. The van der Waals surface area contributed by atoms with Crippen LogP contribution in [0.5, 0.6) is 0 Å². The molecule has 0 saturated heterocycles. The Bertz CT molecular complexity index is 1450. The molecule has 14 atom stereocenters. The number of hydrogen-bond acceptors (Lipinski definition) is 8. The summed E-state index contributed by atoms with van der Waals surface area (Å²) in [4.78, 5) is 48.3. The highest BCUT2D eigenvalue weighted by atomic mass is 16.6. The molecule has 0 aromatic rings. The van der Waals surface area contributed by atoms with Crippen LogP contribution in [0.3, 0.4) is 0 Å². The topological polar surface area (TPSA) is 105 Å². The third kappa shape index (κ3) is 6.91. The molecule has 0 heterocycles. The van der Waals surface area contributed by atoms with Gasteiger partial charge < -0.3 is 18.9 Å². The Morgan fingerprint density at radius 1 is 0.673 bits per heavy atom. The summed E-state index contributed by atoms with van der Waals surface area (Å²) < 4.78 is 22.1. The van der Waals surface area contributed by atoms with Gasteiger partial charge in [0.15, 0.2) is 12.2 Å². The molecule has 5 rings (SSSR count). The van der Waals surface area contributed by atoms with E-state index in [0.29, 0.717) is 41.9 Å². The van der Waals surface area contributed by atoms with Gasteiger partial charge in [0, 0.05) is 27.7 Å². The molecule has 0 bridgehead atoms. The molecular weight excluding hydrogens is 656 g/mol. The molecule has 52 heavy (non-hydrogen) atoms. The van der Waals surface area contributed by atoms with E-state index < -0.39 is 42.2 Å². The Morgan fingerprint density at radius 3 is 1.88 bits per heavy atom. The monoisotopic (exact) mass is 724 g/mol. The van der Waals surface area contributed by atoms with Gasteiger partial charge in [-0.3, -0.25) is 19.2 Å². The zero-order valence-corrected chi connectivity index (χ0v) is 34.2. The molecule has 8 heteroatoms. The van der Waals surface area contributed by atoms with Gasteiger partial charge in [0.25, 0.3) is 0 Å². The highest BCUT2D eigenvalue weighted by Gasteiger charge is 2.68. The van der Waals surface area contributed by atoms with Crippen molar-refractivity contribution in [1.29, 1.82) is 0 Å². The van der Waals surface area contributed by atoms with E-state index in [-0.39, 0.29) is 33.7 Å². The first-order chi connectivity index (χ1) is 24.1. The van der Waals surface area contributed by atoms with E-state index >= 15 is 0 Å². The normalized spacial score (nSPS) is 40.8. The summed E-state index contributed by atoms with van der Waals surface area (Å²) in [5.41, 5.74) is 0.982. The van der Waals surface area contributed by atoms with Gasteiger partial charge in [-0.15, -0.1) is 0 Å². The number of ether oxygens (including phenoxy) is 4. The summed E-state index contributed by atoms with van der Waals surface area (Å²) >= 11 is 0. The number of carbonyl (C=O) groups is 4. The van der Waals surface area contributed by atoms with Crippen LogP contribution in [0.2, 0.25) is 0 Å². The maximum atomic E-state index is 12.4. The van der Waals surface area contributed by atoms with Crippen LogP contribution in [0.1, 0.15) is 134 Å². The molecule has 0 aromatic carbocycles. The molecule has 292 valence electrons. The van der Waals surface area contributed by atoms with E-state index in [1.54, 1.807) is 0 Å². The lowest BCUT2D eigenvalue weighted by atomic mass is 9.34. The molecular formula is C44H68O8. The summed E-state index contributed by atoms with van der Waals surface area (Å²) in [7, 11) is 0. The molecule has 5 aliphatic carbocycles. The molecule has 0 radical (unpaired) electrons. The molecule has 0 amide bonds. The fourth-order valence-electron chi connectivity index (χ4n) is 13.0. The second-order valence-corrected chi connectivity index (χ2v) is 19.2. The minimum atomic E-state index is -1.12. The van der Waals surface area contributed by atoms with Crippen molar-refractivity contribution in [2.45, 2.75) is 153 Å². The van der Waals surface area contributed by atoms with Crippen molar-refractivity contribution in [3.05, 3.63) is 24.3 Å². The average molecular weight is 725 g/mol. The molecule has 8 nitrogen and oxygen atoms in total. The van der Waals surface area contributed by atoms with Gasteiger partial charge >= 0.3 is 23.9 Å². The van der Waals surface area contributed by atoms with Crippen molar-refractivity contribution in [2.75, 3.05) is 6.61 Å². The van der Waals surface area contributed by atoms with Gasteiger partial charge in [0.05, 0.1) is 0 Å². The summed E-state index contributed by atoms with van der Waals surface area (Å²) in [6.07, 6.45) is 16.0. The first kappa shape index (κ1) is 40.5. The van der Waals surface area contributed by atoms with Crippen molar-refractivity contribution in [3.63, 3.8) is 0 Å². The lowest BCUT2D eigenvalue weighted by Gasteiger charge is -2.69. The highest BCUT2D eigenvalue weighted by molar-refractivity contribution is 5.68. The first-order valence-corrected chi connectivity index (χ1v) is 20.1.